The van der Waals surface area contributed by atoms with Crippen molar-refractivity contribution in [1.29, 1.82) is 0 Å². The van der Waals surface area contributed by atoms with E-state index >= 15 is 0 Å². The van der Waals surface area contributed by atoms with Gasteiger partial charge in [0.2, 0.25) is 0 Å². The summed E-state index contributed by atoms with van der Waals surface area (Å²) >= 11 is 0. The maximum atomic E-state index is 5.80. The molecule has 0 aliphatic carbocycles. The van der Waals surface area contributed by atoms with Gasteiger partial charge in [0.25, 0.3) is 0 Å². The Morgan fingerprint density at radius 1 is 1.07 bits per heavy atom. The average molecular weight is 198 g/mol. The molecule has 0 saturated carbocycles. The Morgan fingerprint density at radius 3 is 1.93 bits per heavy atom. The molecule has 0 fully saturated rings. The van der Waals surface area contributed by atoms with Crippen LogP contribution >= 0.6 is 0 Å². The van der Waals surface area contributed by atoms with Crippen LogP contribution in [0.25, 0.3) is 0 Å². The molecule has 0 amide bonds. The zero-order chi connectivity index (χ0) is 11.4. The molecule has 1 atom stereocenters. The van der Waals surface area contributed by atoms with Crippen molar-refractivity contribution in [2.24, 2.45) is 5.41 Å². The fraction of sp³-hybridized carbons (Fsp3) is 0.846. The van der Waals surface area contributed by atoms with Gasteiger partial charge in [-0.1, -0.05) is 32.9 Å². The molecule has 0 heterocycles. The minimum atomic E-state index is -0.0327. The highest BCUT2D eigenvalue weighted by atomic mass is 16.5. The summed E-state index contributed by atoms with van der Waals surface area (Å²) in [6.07, 6.45) is 5.76. The molecule has 0 N–H and O–H groups in total. The van der Waals surface area contributed by atoms with E-state index in [-0.39, 0.29) is 11.0 Å². The highest BCUT2D eigenvalue weighted by molar-refractivity contribution is 4.93. The van der Waals surface area contributed by atoms with Crippen LogP contribution in [-0.2, 0) is 4.74 Å². The van der Waals surface area contributed by atoms with Gasteiger partial charge in [0, 0.05) is 0 Å². The fourth-order valence-corrected chi connectivity index (χ4v) is 1.26. The van der Waals surface area contributed by atoms with Crippen molar-refractivity contribution in [1.82, 2.24) is 0 Å². The van der Waals surface area contributed by atoms with Crippen LogP contribution in [-0.4, -0.2) is 11.7 Å². The third-order valence-electron chi connectivity index (χ3n) is 1.64. The van der Waals surface area contributed by atoms with Crippen LogP contribution in [0.4, 0.5) is 0 Å². The minimum Gasteiger partial charge on any atom is -0.373 e. The number of hydrogen-bond acceptors (Lipinski definition) is 1. The quantitative estimate of drug-likeness (QED) is 0.618. The molecule has 0 aliphatic rings. The highest BCUT2D eigenvalue weighted by Crippen LogP contribution is 2.17. The average Bonchev–Trinajstić information content (AvgIpc) is 1.78. The Labute approximate surface area is 89.5 Å². The van der Waals surface area contributed by atoms with Crippen LogP contribution in [0.3, 0.4) is 0 Å². The maximum Gasteiger partial charge on any atom is 0.0602 e. The summed E-state index contributed by atoms with van der Waals surface area (Å²) in [6, 6.07) is 0. The van der Waals surface area contributed by atoms with Crippen LogP contribution in [0.2, 0.25) is 0 Å². The van der Waals surface area contributed by atoms with Crippen molar-refractivity contribution in [3.05, 3.63) is 12.2 Å². The summed E-state index contributed by atoms with van der Waals surface area (Å²) in [5.41, 5.74) is 0.246. The zero-order valence-electron chi connectivity index (χ0n) is 10.8. The molecular weight excluding hydrogens is 172 g/mol. The summed E-state index contributed by atoms with van der Waals surface area (Å²) < 4.78 is 5.80. The van der Waals surface area contributed by atoms with Gasteiger partial charge in [0.15, 0.2) is 0 Å². The summed E-state index contributed by atoms with van der Waals surface area (Å²) in [5, 5.41) is 0. The van der Waals surface area contributed by atoms with Crippen LogP contribution in [0, 0.1) is 5.41 Å². The number of hydrogen-bond donors (Lipinski definition) is 0. The first-order valence-corrected chi connectivity index (χ1v) is 5.46. The zero-order valence-corrected chi connectivity index (χ0v) is 10.8. The lowest BCUT2D eigenvalue weighted by molar-refractivity contribution is -0.0494. The van der Waals surface area contributed by atoms with Crippen molar-refractivity contribution < 1.29 is 4.74 Å². The van der Waals surface area contributed by atoms with E-state index in [0.29, 0.717) is 6.10 Å². The normalized spacial score (nSPS) is 16.2. The Hall–Kier alpha value is -0.300. The predicted molar refractivity (Wildman–Crippen MR) is 63.5 cm³/mol. The van der Waals surface area contributed by atoms with Gasteiger partial charge in [-0.2, -0.15) is 0 Å². The van der Waals surface area contributed by atoms with Gasteiger partial charge in [-0.3, -0.25) is 0 Å². The van der Waals surface area contributed by atoms with Gasteiger partial charge in [-0.25, -0.2) is 0 Å². The molecule has 14 heavy (non-hydrogen) atoms. The monoisotopic (exact) mass is 198 g/mol. The molecule has 84 valence electrons. The molecule has 0 aromatic heterocycles. The van der Waals surface area contributed by atoms with E-state index in [4.69, 9.17) is 4.74 Å². The number of rotatable bonds is 3. The maximum absolute atomic E-state index is 5.80. The second-order valence-corrected chi connectivity index (χ2v) is 6.04. The van der Waals surface area contributed by atoms with Gasteiger partial charge < -0.3 is 4.74 Å². The lowest BCUT2D eigenvalue weighted by Crippen LogP contribution is -2.25. The lowest BCUT2D eigenvalue weighted by atomic mass is 9.96. The van der Waals surface area contributed by atoms with Crippen molar-refractivity contribution in [3.63, 3.8) is 0 Å². The smallest absolute Gasteiger partial charge is 0.0602 e. The first-order valence-electron chi connectivity index (χ1n) is 5.46. The highest BCUT2D eigenvalue weighted by Gasteiger charge is 2.14. The summed E-state index contributed by atoms with van der Waals surface area (Å²) in [7, 11) is 0. The molecule has 0 aromatic rings. The molecule has 0 bridgehead atoms. The Bertz CT molecular complexity index is 178. The van der Waals surface area contributed by atoms with E-state index in [1.165, 1.54) is 0 Å². The van der Waals surface area contributed by atoms with Crippen molar-refractivity contribution in [2.75, 3.05) is 0 Å². The molecule has 0 rings (SSSR count). The first-order chi connectivity index (χ1) is 6.10. The van der Waals surface area contributed by atoms with Crippen molar-refractivity contribution in [2.45, 2.75) is 66.6 Å². The van der Waals surface area contributed by atoms with Crippen LogP contribution < -0.4 is 0 Å². The van der Waals surface area contributed by atoms with E-state index in [1.54, 1.807) is 0 Å². The molecular formula is C13H26O. The molecule has 0 saturated heterocycles. The van der Waals surface area contributed by atoms with E-state index in [9.17, 15) is 0 Å². The third kappa shape index (κ3) is 9.79. The molecule has 0 radical (unpaired) electrons. The van der Waals surface area contributed by atoms with E-state index in [2.05, 4.69) is 60.6 Å². The number of ether oxygens (including phenoxy) is 1. The second kappa shape index (κ2) is 4.97. The Balaban J connectivity index is 3.86. The van der Waals surface area contributed by atoms with Crippen molar-refractivity contribution >= 4 is 0 Å². The molecule has 0 aromatic carbocycles. The van der Waals surface area contributed by atoms with Gasteiger partial charge >= 0.3 is 0 Å². The van der Waals surface area contributed by atoms with Gasteiger partial charge in [0.1, 0.15) is 0 Å². The summed E-state index contributed by atoms with van der Waals surface area (Å²) in [5.74, 6) is 0. The van der Waals surface area contributed by atoms with E-state index < -0.39 is 0 Å². The lowest BCUT2D eigenvalue weighted by Gasteiger charge is -2.24. The molecule has 0 aliphatic heterocycles. The molecule has 0 spiro atoms. The Kier molecular flexibility index (Phi) is 4.87. The van der Waals surface area contributed by atoms with Gasteiger partial charge in [-0.15, -0.1) is 0 Å². The first kappa shape index (κ1) is 13.7. The van der Waals surface area contributed by atoms with Crippen LogP contribution in [0.1, 0.15) is 54.9 Å². The molecule has 0 unspecified atom stereocenters. The van der Waals surface area contributed by atoms with E-state index in [1.807, 2.05) is 0 Å². The number of allylic oxidation sites excluding steroid dienone is 1. The summed E-state index contributed by atoms with van der Waals surface area (Å²) in [4.78, 5) is 0. The second-order valence-electron chi connectivity index (χ2n) is 6.04. The largest absolute Gasteiger partial charge is 0.373 e. The van der Waals surface area contributed by atoms with Crippen LogP contribution in [0.5, 0.6) is 0 Å². The van der Waals surface area contributed by atoms with Crippen molar-refractivity contribution in [3.8, 4) is 0 Å². The SMILES string of the molecule is C[C@H](C/C=C/C(C)(C)C)OC(C)(C)C. The van der Waals surface area contributed by atoms with Gasteiger partial charge in [0.05, 0.1) is 11.7 Å². The fourth-order valence-electron chi connectivity index (χ4n) is 1.26. The predicted octanol–water partition coefficient (Wildman–Crippen LogP) is 4.18. The molecule has 1 heteroatoms. The summed E-state index contributed by atoms with van der Waals surface area (Å²) in [6.45, 7) is 15.0. The minimum absolute atomic E-state index is 0.0327. The van der Waals surface area contributed by atoms with Crippen LogP contribution in [0.15, 0.2) is 12.2 Å². The standard InChI is InChI=1S/C13H26O/c1-11(14-13(5,6)7)9-8-10-12(2,3)4/h8,10-11H,9H2,1-7H3/b10-8+/t11-/m1/s1. The molecule has 1 nitrogen and oxygen atoms in total. The Morgan fingerprint density at radius 2 is 1.57 bits per heavy atom. The van der Waals surface area contributed by atoms with Gasteiger partial charge in [-0.05, 0) is 39.5 Å². The topological polar surface area (TPSA) is 9.23 Å². The third-order valence-corrected chi connectivity index (χ3v) is 1.64. The van der Waals surface area contributed by atoms with E-state index in [0.717, 1.165) is 6.42 Å².